The van der Waals surface area contributed by atoms with Crippen LogP contribution >= 0.6 is 11.3 Å². The molecule has 2 aromatic carbocycles. The minimum Gasteiger partial charge on any atom is -0.444 e. The van der Waals surface area contributed by atoms with Crippen LogP contribution in [0.15, 0.2) is 65.0 Å². The monoisotopic (exact) mass is 575 g/mol. The summed E-state index contributed by atoms with van der Waals surface area (Å²) in [4.78, 5) is 33.2. The Labute approximate surface area is 231 Å². The van der Waals surface area contributed by atoms with Crippen molar-refractivity contribution in [2.75, 3.05) is 18.0 Å². The second kappa shape index (κ2) is 11.7. The van der Waals surface area contributed by atoms with E-state index in [1.165, 1.54) is 22.3 Å². The summed E-state index contributed by atoms with van der Waals surface area (Å²) in [5.41, 5.74) is -0.369. The van der Waals surface area contributed by atoms with Crippen LogP contribution in [0.3, 0.4) is 0 Å². The van der Waals surface area contributed by atoms with E-state index in [0.29, 0.717) is 31.1 Å². The van der Waals surface area contributed by atoms with Crippen LogP contribution in [0.4, 0.5) is 20.0 Å². The Morgan fingerprint density at radius 1 is 1.10 bits per heavy atom. The number of rotatable bonds is 7. The quantitative estimate of drug-likeness (QED) is 0.330. The van der Waals surface area contributed by atoms with Crippen molar-refractivity contribution in [3.8, 4) is 5.75 Å². The lowest BCUT2D eigenvalue weighted by Gasteiger charge is -2.34. The molecule has 1 aliphatic rings. The third-order valence-corrected chi connectivity index (χ3v) is 8.00. The fraction of sp³-hybridized carbons (Fsp3) is 0.370. The van der Waals surface area contributed by atoms with E-state index in [1.807, 2.05) is 20.8 Å². The summed E-state index contributed by atoms with van der Waals surface area (Å²) in [5.74, 6) is -0.914. The van der Waals surface area contributed by atoms with Gasteiger partial charge >= 0.3 is 16.2 Å². The molecule has 2 amide bonds. The third kappa shape index (κ3) is 7.33. The van der Waals surface area contributed by atoms with E-state index in [4.69, 9.17) is 8.92 Å². The third-order valence-electron chi connectivity index (χ3n) is 6.00. The van der Waals surface area contributed by atoms with E-state index in [9.17, 15) is 22.4 Å². The predicted octanol–water partition coefficient (Wildman–Crippen LogP) is 5.75. The van der Waals surface area contributed by atoms with Crippen LogP contribution in [0.25, 0.3) is 0 Å². The summed E-state index contributed by atoms with van der Waals surface area (Å²) in [6.45, 7) is 6.39. The maximum atomic E-state index is 13.7. The average Bonchev–Trinajstić information content (AvgIpc) is 3.39. The Balaban J connectivity index is 1.52. The fourth-order valence-electron chi connectivity index (χ4n) is 4.13. The van der Waals surface area contributed by atoms with Crippen LogP contribution in [-0.2, 0) is 19.6 Å². The number of carbonyl (C=O) groups is 2. The molecule has 0 aliphatic carbocycles. The zero-order valence-electron chi connectivity index (χ0n) is 21.9. The molecule has 0 radical (unpaired) electrons. The number of amides is 2. The zero-order chi connectivity index (χ0) is 28.2. The molecule has 0 bridgehead atoms. The number of carbonyl (C=O) groups excluding carboxylic acids is 2. The maximum Gasteiger partial charge on any atom is 0.410 e. The number of thiazole rings is 1. The first kappa shape index (κ1) is 28.5. The van der Waals surface area contributed by atoms with Crippen molar-refractivity contribution < 1.29 is 31.3 Å². The highest BCUT2D eigenvalue weighted by Gasteiger charge is 2.31. The molecule has 1 aromatic heterocycles. The lowest BCUT2D eigenvalue weighted by atomic mass is 9.93. The second-order valence-electron chi connectivity index (χ2n) is 10.1. The lowest BCUT2D eigenvalue weighted by Crippen LogP contribution is -2.42. The zero-order valence-corrected chi connectivity index (χ0v) is 23.5. The molecule has 208 valence electrons. The molecule has 1 aliphatic heterocycles. The normalized spacial score (nSPS) is 14.6. The Morgan fingerprint density at radius 2 is 1.77 bits per heavy atom. The smallest absolute Gasteiger partial charge is 0.410 e. The summed E-state index contributed by atoms with van der Waals surface area (Å²) in [5, 5.41) is 2.08. The number of likely N-dealkylation sites (tertiary alicyclic amines) is 1. The first-order valence-electron chi connectivity index (χ1n) is 12.4. The Hall–Kier alpha value is -3.51. The minimum absolute atomic E-state index is 0.00896. The predicted molar refractivity (Wildman–Crippen MR) is 145 cm³/mol. The Morgan fingerprint density at radius 3 is 2.38 bits per heavy atom. The molecular formula is C27H30FN3O6S2. The Bertz CT molecular complexity index is 1400. The average molecular weight is 576 g/mol. The number of para-hydroxylation sites is 2. The number of piperidine rings is 1. The maximum absolute atomic E-state index is 13.7. The van der Waals surface area contributed by atoms with Crippen molar-refractivity contribution in [3.63, 3.8) is 0 Å². The number of nitrogens with zero attached hydrogens (tertiary/aromatic N) is 3. The van der Waals surface area contributed by atoms with Crippen molar-refractivity contribution in [2.45, 2.75) is 50.5 Å². The molecule has 9 nitrogen and oxygen atoms in total. The van der Waals surface area contributed by atoms with Crippen molar-refractivity contribution in [1.29, 1.82) is 0 Å². The van der Waals surface area contributed by atoms with Crippen LogP contribution < -0.4 is 9.08 Å². The molecule has 1 saturated heterocycles. The summed E-state index contributed by atoms with van der Waals surface area (Å²) in [6.07, 6.45) is 2.59. The number of anilines is 2. The van der Waals surface area contributed by atoms with Gasteiger partial charge in [-0.05, 0) is 75.9 Å². The van der Waals surface area contributed by atoms with E-state index in [2.05, 4.69) is 4.98 Å². The van der Waals surface area contributed by atoms with Gasteiger partial charge in [0, 0.05) is 31.1 Å². The van der Waals surface area contributed by atoms with Gasteiger partial charge in [-0.15, -0.1) is 11.3 Å². The van der Waals surface area contributed by atoms with E-state index in [0.717, 1.165) is 24.3 Å². The molecule has 1 fully saturated rings. The highest BCUT2D eigenvalue weighted by Crippen LogP contribution is 2.38. The molecule has 0 unspecified atom stereocenters. The van der Waals surface area contributed by atoms with Gasteiger partial charge < -0.3 is 13.8 Å². The van der Waals surface area contributed by atoms with Gasteiger partial charge in [-0.2, -0.15) is 8.42 Å². The highest BCUT2D eigenvalue weighted by atomic mass is 32.2. The van der Waals surface area contributed by atoms with Gasteiger partial charge in [0.1, 0.15) is 16.3 Å². The van der Waals surface area contributed by atoms with Crippen molar-refractivity contribution in [2.24, 2.45) is 5.92 Å². The molecular weight excluding hydrogens is 545 g/mol. The van der Waals surface area contributed by atoms with Crippen molar-refractivity contribution in [3.05, 3.63) is 65.9 Å². The number of benzene rings is 2. The number of ether oxygens (including phenoxy) is 1. The molecule has 4 rings (SSSR count). The van der Waals surface area contributed by atoms with Gasteiger partial charge in [0.15, 0.2) is 10.9 Å². The first-order valence-corrected chi connectivity index (χ1v) is 14.7. The molecule has 2 heterocycles. The van der Waals surface area contributed by atoms with Crippen molar-refractivity contribution in [1.82, 2.24) is 9.88 Å². The molecule has 0 spiro atoms. The van der Waals surface area contributed by atoms with Crippen LogP contribution in [0.2, 0.25) is 0 Å². The van der Waals surface area contributed by atoms with Gasteiger partial charge in [-0.25, -0.2) is 14.2 Å². The van der Waals surface area contributed by atoms with Crippen LogP contribution in [0.5, 0.6) is 5.75 Å². The molecule has 0 N–H and O–H groups in total. The van der Waals surface area contributed by atoms with Crippen LogP contribution in [0, 0.1) is 11.7 Å². The number of halogens is 1. The molecule has 39 heavy (non-hydrogen) atoms. The van der Waals surface area contributed by atoms with E-state index >= 15 is 0 Å². The largest absolute Gasteiger partial charge is 0.444 e. The molecule has 0 atom stereocenters. The summed E-state index contributed by atoms with van der Waals surface area (Å²) in [7, 11) is -4.31. The summed E-state index contributed by atoms with van der Waals surface area (Å²) < 4.78 is 50.1. The van der Waals surface area contributed by atoms with Crippen LogP contribution in [-0.4, -0.2) is 49.0 Å². The topological polar surface area (TPSA) is 106 Å². The standard InChI is InChI=1S/C27H30FN3O6S2/c1-27(2,3)36-26(33)30-15-12-19(13-16-30)18-24(32)31(25-29-14-17-38-25)22-6-4-5-7-23(22)37-39(34,35)21-10-8-20(28)9-11-21/h4-11,14,17,19H,12-13,15-16,18H2,1-3H3. The van der Waals surface area contributed by atoms with Gasteiger partial charge in [0.05, 0.1) is 5.69 Å². The van der Waals surface area contributed by atoms with Crippen LogP contribution in [0.1, 0.15) is 40.0 Å². The Kier molecular flexibility index (Phi) is 8.55. The number of hydrogen-bond acceptors (Lipinski definition) is 8. The molecule has 3 aromatic rings. The van der Waals surface area contributed by atoms with Gasteiger partial charge in [-0.1, -0.05) is 12.1 Å². The molecule has 12 heteroatoms. The minimum atomic E-state index is -4.31. The van der Waals surface area contributed by atoms with Crippen molar-refractivity contribution >= 4 is 44.3 Å². The molecule has 0 saturated carbocycles. The van der Waals surface area contributed by atoms with E-state index in [1.54, 1.807) is 34.7 Å². The SMILES string of the molecule is CC(C)(C)OC(=O)N1CCC(CC(=O)N(c2nccs2)c2ccccc2OS(=O)(=O)c2ccc(F)cc2)CC1. The van der Waals surface area contributed by atoms with E-state index in [-0.39, 0.29) is 40.7 Å². The fourth-order valence-corrected chi connectivity index (χ4v) is 5.75. The second-order valence-corrected chi connectivity index (χ2v) is 12.5. The van der Waals surface area contributed by atoms with E-state index < -0.39 is 21.5 Å². The van der Waals surface area contributed by atoms with Gasteiger partial charge in [0.25, 0.3) is 0 Å². The summed E-state index contributed by atoms with van der Waals surface area (Å²) >= 11 is 1.23. The summed E-state index contributed by atoms with van der Waals surface area (Å²) in [6, 6.07) is 10.6. The highest BCUT2D eigenvalue weighted by molar-refractivity contribution is 7.87. The first-order chi connectivity index (χ1) is 18.4. The lowest BCUT2D eigenvalue weighted by molar-refractivity contribution is -0.119. The van der Waals surface area contributed by atoms with Gasteiger partial charge in [0.2, 0.25) is 5.91 Å². The number of aromatic nitrogens is 1. The number of hydrogen-bond donors (Lipinski definition) is 0. The van der Waals surface area contributed by atoms with Gasteiger partial charge in [-0.3, -0.25) is 9.69 Å².